The second-order valence-corrected chi connectivity index (χ2v) is 8.52. The summed E-state index contributed by atoms with van der Waals surface area (Å²) in [7, 11) is 0. The Morgan fingerprint density at radius 1 is 1.31 bits per heavy atom. The molecule has 0 aromatic heterocycles. The monoisotopic (exact) mass is 336 g/mol. The molecule has 88 valence electrons. The molecular weight excluding hydrogens is 322 g/mol. The van der Waals surface area contributed by atoms with Crippen LogP contribution in [-0.4, -0.2) is 3.25 Å². The standard InChI is InChI=1S/C6H9N2.C5H5.2ClH.Zr/c1-4-5(2)7-8-6(4)3;1-2-4-5-3-1;;;/h1-3H3;1-3H,4H2;2*1H;. The molecule has 1 aliphatic carbocycles. The summed E-state index contributed by atoms with van der Waals surface area (Å²) in [6.45, 7) is 6.48. The number of halogens is 2. The van der Waals surface area contributed by atoms with Gasteiger partial charge in [0.15, 0.2) is 0 Å². The van der Waals surface area contributed by atoms with Gasteiger partial charge in [-0.1, -0.05) is 0 Å². The van der Waals surface area contributed by atoms with Gasteiger partial charge in [0, 0.05) is 0 Å². The molecular formula is C11H16Cl2N2Zr. The summed E-state index contributed by atoms with van der Waals surface area (Å²) >= 11 is -0.631. The molecule has 0 N–H and O–H groups in total. The maximum absolute atomic E-state index is 4.45. The van der Waals surface area contributed by atoms with E-state index >= 15 is 0 Å². The van der Waals surface area contributed by atoms with Gasteiger partial charge in [-0.15, -0.1) is 24.8 Å². The first kappa shape index (κ1) is 16.3. The molecule has 0 aromatic rings. The van der Waals surface area contributed by atoms with Crippen molar-refractivity contribution in [3.05, 3.63) is 32.8 Å². The van der Waals surface area contributed by atoms with Crippen LogP contribution in [0.15, 0.2) is 43.0 Å². The van der Waals surface area contributed by atoms with Crippen LogP contribution in [0.2, 0.25) is 0 Å². The number of nitrogens with zero attached hydrogens (tertiary/aromatic N) is 2. The summed E-state index contributed by atoms with van der Waals surface area (Å²) in [6, 6.07) is 0. The van der Waals surface area contributed by atoms with Crippen LogP contribution >= 0.6 is 24.8 Å². The normalized spacial score (nSPS) is 26.3. The Kier molecular flexibility index (Phi) is 6.39. The molecule has 0 bridgehead atoms. The van der Waals surface area contributed by atoms with Crippen LogP contribution in [0.5, 0.6) is 0 Å². The molecule has 1 atom stereocenters. The first-order chi connectivity index (χ1) is 6.62. The Morgan fingerprint density at radius 2 is 2.00 bits per heavy atom. The summed E-state index contributed by atoms with van der Waals surface area (Å²) < 4.78 is 1.72. The molecule has 5 heteroatoms. The maximum Gasteiger partial charge on any atom is -0.147 e. The third-order valence-corrected chi connectivity index (χ3v) is 6.91. The topological polar surface area (TPSA) is 24.7 Å². The van der Waals surface area contributed by atoms with Crippen molar-refractivity contribution >= 4 is 24.8 Å². The Hall–Kier alpha value is 0.283. The van der Waals surface area contributed by atoms with E-state index in [0.29, 0.717) is 0 Å². The van der Waals surface area contributed by atoms with Crippen molar-refractivity contribution in [2.24, 2.45) is 10.2 Å². The van der Waals surface area contributed by atoms with Crippen molar-refractivity contribution < 1.29 is 23.2 Å². The van der Waals surface area contributed by atoms with Crippen molar-refractivity contribution in [1.82, 2.24) is 0 Å². The van der Waals surface area contributed by atoms with Crippen molar-refractivity contribution in [3.8, 4) is 0 Å². The quantitative estimate of drug-likeness (QED) is 0.720. The zero-order valence-corrected chi connectivity index (χ0v) is 13.7. The Balaban J connectivity index is 0.00000112. The van der Waals surface area contributed by atoms with Crippen LogP contribution in [0.3, 0.4) is 0 Å². The first-order valence-electron chi connectivity index (χ1n) is 4.86. The van der Waals surface area contributed by atoms with Crippen LogP contribution in [-0.2, 0) is 23.2 Å². The van der Waals surface area contributed by atoms with Gasteiger partial charge in [0.25, 0.3) is 0 Å². The van der Waals surface area contributed by atoms with E-state index in [1.165, 1.54) is 5.57 Å². The molecule has 1 aliphatic heterocycles. The molecule has 0 spiro atoms. The third-order valence-electron chi connectivity index (χ3n) is 2.85. The second-order valence-electron chi connectivity index (χ2n) is 3.93. The number of hydrogen-bond donors (Lipinski definition) is 0. The molecule has 1 heterocycles. The summed E-state index contributed by atoms with van der Waals surface area (Å²) in [4.78, 5) is 0. The van der Waals surface area contributed by atoms with Crippen molar-refractivity contribution in [1.29, 1.82) is 0 Å². The van der Waals surface area contributed by atoms with Crippen LogP contribution in [0, 0.1) is 0 Å². The fourth-order valence-corrected chi connectivity index (χ4v) is 5.32. The molecule has 0 aromatic carbocycles. The number of rotatable bonds is 2. The third kappa shape index (κ3) is 3.15. The molecule has 2 nitrogen and oxygen atoms in total. The number of allylic oxidation sites excluding steroid dienone is 5. The van der Waals surface area contributed by atoms with E-state index in [4.69, 9.17) is 0 Å². The maximum atomic E-state index is 4.45. The molecule has 0 radical (unpaired) electrons. The predicted octanol–water partition coefficient (Wildman–Crippen LogP) is 4.23. The van der Waals surface area contributed by atoms with Crippen molar-refractivity contribution in [3.63, 3.8) is 0 Å². The first-order valence-corrected chi connectivity index (χ1v) is 7.32. The molecule has 2 aliphatic rings. The average Bonchev–Trinajstić information content (AvgIpc) is 2.72. The minimum atomic E-state index is -0.631. The number of hydrogen-bond acceptors (Lipinski definition) is 2. The Labute approximate surface area is 121 Å². The Morgan fingerprint density at radius 3 is 2.44 bits per heavy atom. The van der Waals surface area contributed by atoms with Gasteiger partial charge in [-0.2, -0.15) is 0 Å². The second kappa shape index (κ2) is 6.28. The van der Waals surface area contributed by atoms with Gasteiger partial charge in [0.2, 0.25) is 0 Å². The van der Waals surface area contributed by atoms with E-state index < -0.39 is 23.2 Å². The average molecular weight is 338 g/mol. The van der Waals surface area contributed by atoms with E-state index in [9.17, 15) is 0 Å². The molecule has 1 unspecified atom stereocenters. The van der Waals surface area contributed by atoms with Crippen molar-refractivity contribution in [2.45, 2.75) is 30.4 Å². The summed E-state index contributed by atoms with van der Waals surface area (Å²) in [5.41, 5.74) is 2.51. The zero-order valence-electron chi connectivity index (χ0n) is 9.65. The van der Waals surface area contributed by atoms with Gasteiger partial charge in [-0.3, -0.25) is 0 Å². The van der Waals surface area contributed by atoms with Crippen LogP contribution in [0.25, 0.3) is 0 Å². The molecule has 16 heavy (non-hydrogen) atoms. The van der Waals surface area contributed by atoms with Gasteiger partial charge >= 0.3 is 96.7 Å². The smallest absolute Gasteiger partial charge is 0.147 e. The van der Waals surface area contributed by atoms with Crippen LogP contribution in [0.4, 0.5) is 0 Å². The number of azo groups is 1. The largest absolute Gasteiger partial charge is 0.147 e. The van der Waals surface area contributed by atoms with Gasteiger partial charge in [-0.25, -0.2) is 0 Å². The molecule has 0 saturated heterocycles. The van der Waals surface area contributed by atoms with Gasteiger partial charge < -0.3 is 0 Å². The summed E-state index contributed by atoms with van der Waals surface area (Å²) in [5.74, 6) is 0. The SMILES string of the molecule is CC1=C(C)[C](C)([Zr][C]2=CC=CC2)N=N1.Cl.Cl. The van der Waals surface area contributed by atoms with Gasteiger partial charge in [0.1, 0.15) is 0 Å². The van der Waals surface area contributed by atoms with Crippen LogP contribution in [0.1, 0.15) is 27.2 Å². The Bertz CT molecular complexity index is 385. The summed E-state index contributed by atoms with van der Waals surface area (Å²) in [6.07, 6.45) is 7.83. The van der Waals surface area contributed by atoms with Gasteiger partial charge in [0.05, 0.1) is 0 Å². The van der Waals surface area contributed by atoms with Gasteiger partial charge in [-0.05, 0) is 0 Å². The zero-order chi connectivity index (χ0) is 10.2. The van der Waals surface area contributed by atoms with Crippen LogP contribution < -0.4 is 0 Å². The minimum Gasteiger partial charge on any atom is -0.147 e. The fourth-order valence-electron chi connectivity index (χ4n) is 1.65. The molecule has 0 fully saturated rings. The predicted molar refractivity (Wildman–Crippen MR) is 68.0 cm³/mol. The van der Waals surface area contributed by atoms with E-state index in [2.05, 4.69) is 49.2 Å². The summed E-state index contributed by atoms with van der Waals surface area (Å²) in [5, 5.41) is 8.66. The fraction of sp³-hybridized carbons (Fsp3) is 0.455. The molecule has 0 saturated carbocycles. The van der Waals surface area contributed by atoms with E-state index in [-0.39, 0.29) is 28.1 Å². The molecule has 0 amide bonds. The van der Waals surface area contributed by atoms with E-state index in [1.54, 1.807) is 3.28 Å². The minimum absolute atomic E-state index is 0. The van der Waals surface area contributed by atoms with E-state index in [1.807, 2.05) is 0 Å². The molecule has 2 rings (SSSR count). The van der Waals surface area contributed by atoms with E-state index in [0.717, 1.165) is 12.1 Å². The van der Waals surface area contributed by atoms with Crippen molar-refractivity contribution in [2.75, 3.05) is 0 Å².